The minimum Gasteiger partial charge on any atom is -0.302 e. The predicted octanol–water partition coefficient (Wildman–Crippen LogP) is 1.08. The normalized spacial score (nSPS) is 39.6. The van der Waals surface area contributed by atoms with Crippen LogP contribution < -0.4 is 0 Å². The summed E-state index contributed by atoms with van der Waals surface area (Å²) < 4.78 is 0.000000000000000222. The number of hydrogen-bond acceptors (Lipinski definition) is 2. The first-order valence-corrected chi connectivity index (χ1v) is 3.36. The molecular weight excluding hydrogens is 108 g/mol. The molecular formula is C5H8OS. The van der Waals surface area contributed by atoms with Gasteiger partial charge in [0.2, 0.25) is 0 Å². The van der Waals surface area contributed by atoms with Gasteiger partial charge in [-0.2, -0.15) is 0 Å². The molecule has 40 valence electrons. The fourth-order valence-corrected chi connectivity index (χ4v) is 1.43. The maximum atomic E-state index is 10.1. The lowest BCUT2D eigenvalue weighted by Gasteiger charge is -2.31. The number of thioether (sulfide) groups is 1. The van der Waals surface area contributed by atoms with E-state index in [-0.39, 0.29) is 4.75 Å². The zero-order valence-electron chi connectivity index (χ0n) is 4.31. The first-order valence-electron chi connectivity index (χ1n) is 2.37. The lowest BCUT2D eigenvalue weighted by Crippen LogP contribution is -2.31. The zero-order valence-corrected chi connectivity index (χ0v) is 5.12. The molecule has 0 saturated carbocycles. The number of carbonyl (C=O) groups excluding carboxylic acids is 1. The molecule has 1 heterocycles. The van der Waals surface area contributed by atoms with E-state index < -0.39 is 0 Å². The van der Waals surface area contributed by atoms with Crippen LogP contribution in [0.25, 0.3) is 0 Å². The second-order valence-electron chi connectivity index (χ2n) is 2.03. The highest BCUT2D eigenvalue weighted by atomic mass is 32.2. The van der Waals surface area contributed by atoms with Crippen molar-refractivity contribution in [2.45, 2.75) is 18.1 Å². The smallest absolute Gasteiger partial charge is 0.135 e. The Kier molecular flexibility index (Phi) is 1.11. The molecule has 0 radical (unpaired) electrons. The van der Waals surface area contributed by atoms with Gasteiger partial charge < -0.3 is 4.79 Å². The van der Waals surface area contributed by atoms with Crippen molar-refractivity contribution in [3.63, 3.8) is 0 Å². The quantitative estimate of drug-likeness (QED) is 0.477. The second kappa shape index (κ2) is 1.51. The van der Waals surface area contributed by atoms with Crippen LogP contribution in [0.2, 0.25) is 0 Å². The molecule has 0 aliphatic carbocycles. The lowest BCUT2D eigenvalue weighted by atomic mass is 10.1. The van der Waals surface area contributed by atoms with Gasteiger partial charge in [0.05, 0.1) is 4.75 Å². The van der Waals surface area contributed by atoms with E-state index in [4.69, 9.17) is 0 Å². The average molecular weight is 116 g/mol. The van der Waals surface area contributed by atoms with E-state index in [1.807, 2.05) is 6.92 Å². The van der Waals surface area contributed by atoms with Crippen molar-refractivity contribution >= 4 is 18.0 Å². The third-order valence-electron chi connectivity index (χ3n) is 1.28. The van der Waals surface area contributed by atoms with Gasteiger partial charge in [0, 0.05) is 0 Å². The Morgan fingerprint density at radius 3 is 2.43 bits per heavy atom. The zero-order chi connectivity index (χ0) is 5.33. The SMILES string of the molecule is CC1(C=O)CCS1. The van der Waals surface area contributed by atoms with Gasteiger partial charge in [-0.05, 0) is 19.1 Å². The molecule has 0 aromatic carbocycles. The summed E-state index contributed by atoms with van der Waals surface area (Å²) in [4.78, 5) is 10.1. The van der Waals surface area contributed by atoms with Crippen molar-refractivity contribution in [1.29, 1.82) is 0 Å². The summed E-state index contributed by atoms with van der Waals surface area (Å²) >= 11 is 1.74. The van der Waals surface area contributed by atoms with E-state index in [9.17, 15) is 4.79 Å². The molecule has 0 N–H and O–H groups in total. The largest absolute Gasteiger partial charge is 0.302 e. The Labute approximate surface area is 47.5 Å². The molecule has 1 nitrogen and oxygen atoms in total. The molecule has 0 bridgehead atoms. The van der Waals surface area contributed by atoms with Crippen LogP contribution in [0.15, 0.2) is 0 Å². The molecule has 1 aliphatic heterocycles. The molecule has 0 amide bonds. The molecule has 7 heavy (non-hydrogen) atoms. The van der Waals surface area contributed by atoms with E-state index in [0.29, 0.717) is 0 Å². The van der Waals surface area contributed by atoms with Crippen molar-refractivity contribution < 1.29 is 4.79 Å². The third kappa shape index (κ3) is 0.801. The lowest BCUT2D eigenvalue weighted by molar-refractivity contribution is -0.109. The molecule has 1 atom stereocenters. The summed E-state index contributed by atoms with van der Waals surface area (Å²) in [5.74, 6) is 1.16. The van der Waals surface area contributed by atoms with Gasteiger partial charge in [0.25, 0.3) is 0 Å². The minimum absolute atomic E-state index is 0.000000000000000222. The number of rotatable bonds is 1. The molecule has 1 unspecified atom stereocenters. The van der Waals surface area contributed by atoms with Crippen molar-refractivity contribution in [2.24, 2.45) is 0 Å². The van der Waals surface area contributed by atoms with Crippen LogP contribution in [0.3, 0.4) is 0 Å². The van der Waals surface area contributed by atoms with Crippen LogP contribution in [-0.2, 0) is 4.79 Å². The monoisotopic (exact) mass is 116 g/mol. The van der Waals surface area contributed by atoms with Crippen LogP contribution in [-0.4, -0.2) is 16.8 Å². The van der Waals surface area contributed by atoms with Gasteiger partial charge in [0.15, 0.2) is 0 Å². The molecule has 0 spiro atoms. The second-order valence-corrected chi connectivity index (χ2v) is 3.66. The fraction of sp³-hybridized carbons (Fsp3) is 0.800. The highest BCUT2D eigenvalue weighted by Gasteiger charge is 2.31. The maximum absolute atomic E-state index is 10.1. The summed E-state index contributed by atoms with van der Waals surface area (Å²) in [6.45, 7) is 1.98. The van der Waals surface area contributed by atoms with Crippen molar-refractivity contribution in [3.05, 3.63) is 0 Å². The number of aldehydes is 1. The third-order valence-corrected chi connectivity index (χ3v) is 2.65. The van der Waals surface area contributed by atoms with Crippen LogP contribution in [0, 0.1) is 0 Å². The standard InChI is InChI=1S/C5H8OS/c1-5(4-6)2-3-7-5/h4H,2-3H2,1H3. The molecule has 1 saturated heterocycles. The van der Waals surface area contributed by atoms with Gasteiger partial charge in [0.1, 0.15) is 6.29 Å². The summed E-state index contributed by atoms with van der Waals surface area (Å²) in [6.07, 6.45) is 2.11. The summed E-state index contributed by atoms with van der Waals surface area (Å²) in [5.41, 5.74) is 0. The van der Waals surface area contributed by atoms with Gasteiger partial charge in [-0.3, -0.25) is 0 Å². The van der Waals surface area contributed by atoms with Crippen molar-refractivity contribution in [3.8, 4) is 0 Å². The van der Waals surface area contributed by atoms with E-state index in [2.05, 4.69) is 0 Å². The van der Waals surface area contributed by atoms with Gasteiger partial charge in [-0.25, -0.2) is 0 Å². The predicted molar refractivity (Wildman–Crippen MR) is 31.5 cm³/mol. The Balaban J connectivity index is 2.43. The van der Waals surface area contributed by atoms with Crippen molar-refractivity contribution in [2.75, 3.05) is 5.75 Å². The highest BCUT2D eigenvalue weighted by molar-refractivity contribution is 8.02. The van der Waals surface area contributed by atoms with Gasteiger partial charge in [-0.1, -0.05) is 0 Å². The van der Waals surface area contributed by atoms with E-state index in [0.717, 1.165) is 18.5 Å². The topological polar surface area (TPSA) is 17.1 Å². The Morgan fingerprint density at radius 1 is 1.86 bits per heavy atom. The van der Waals surface area contributed by atoms with Gasteiger partial charge in [-0.15, -0.1) is 11.8 Å². The Bertz CT molecular complexity index is 86.1. The summed E-state index contributed by atoms with van der Waals surface area (Å²) in [6, 6.07) is 0. The number of hydrogen-bond donors (Lipinski definition) is 0. The fourth-order valence-electron chi connectivity index (χ4n) is 0.517. The van der Waals surface area contributed by atoms with Gasteiger partial charge >= 0.3 is 0 Å². The van der Waals surface area contributed by atoms with Crippen LogP contribution >= 0.6 is 11.8 Å². The first kappa shape index (κ1) is 5.16. The minimum atomic E-state index is 0.000000000000000222. The van der Waals surface area contributed by atoms with Crippen molar-refractivity contribution in [1.82, 2.24) is 0 Å². The Morgan fingerprint density at radius 2 is 2.43 bits per heavy atom. The van der Waals surface area contributed by atoms with E-state index in [1.54, 1.807) is 11.8 Å². The van der Waals surface area contributed by atoms with Crippen LogP contribution in [0.5, 0.6) is 0 Å². The maximum Gasteiger partial charge on any atom is 0.135 e. The molecule has 1 rings (SSSR count). The molecule has 1 fully saturated rings. The molecule has 0 aromatic rings. The molecule has 0 aromatic heterocycles. The molecule has 1 aliphatic rings. The molecule has 2 heteroatoms. The average Bonchev–Trinajstić information content (AvgIpc) is 1.61. The summed E-state index contributed by atoms with van der Waals surface area (Å²) in [5, 5.41) is 0. The van der Waals surface area contributed by atoms with E-state index in [1.165, 1.54) is 0 Å². The highest BCUT2D eigenvalue weighted by Crippen LogP contribution is 2.37. The first-order chi connectivity index (χ1) is 3.27. The number of carbonyl (C=O) groups is 1. The van der Waals surface area contributed by atoms with Crippen LogP contribution in [0.1, 0.15) is 13.3 Å². The van der Waals surface area contributed by atoms with E-state index >= 15 is 0 Å². The van der Waals surface area contributed by atoms with Crippen LogP contribution in [0.4, 0.5) is 0 Å². The Hall–Kier alpha value is 0.0200. The summed E-state index contributed by atoms with van der Waals surface area (Å²) in [7, 11) is 0.